The number of fused-ring (bicyclic) bond motifs is 15. The van der Waals surface area contributed by atoms with Crippen LogP contribution < -0.4 is 0 Å². The Morgan fingerprint density at radius 2 is 0.887 bits per heavy atom. The quantitative estimate of drug-likeness (QED) is 0.178. The Morgan fingerprint density at radius 3 is 1.58 bits per heavy atom. The van der Waals surface area contributed by atoms with Crippen LogP contribution in [0.1, 0.15) is 28.2 Å². The highest BCUT2D eigenvalue weighted by molar-refractivity contribution is 7.26. The molecule has 3 aliphatic carbocycles. The Kier molecular flexibility index (Phi) is 7.82. The Hall–Kier alpha value is -7.53. The van der Waals surface area contributed by atoms with E-state index >= 15 is 0 Å². The Balaban J connectivity index is 1.03. The van der Waals surface area contributed by atoms with E-state index in [0.717, 1.165) is 16.7 Å². The molecule has 1 spiro atoms. The Morgan fingerprint density at radius 1 is 0.371 bits per heavy atom. The summed E-state index contributed by atoms with van der Waals surface area (Å²) < 4.78 is 2.42. The summed E-state index contributed by atoms with van der Waals surface area (Å²) in [4.78, 5) is 15.3. The van der Waals surface area contributed by atoms with Crippen molar-refractivity contribution in [3.8, 4) is 67.5 Å². The first kappa shape index (κ1) is 35.2. The number of rotatable bonds is 4. The lowest BCUT2D eigenvalue weighted by molar-refractivity contribution is 0.422. The van der Waals surface area contributed by atoms with Gasteiger partial charge in [0.2, 0.25) is 0 Å². The molecule has 10 aromatic rings. The van der Waals surface area contributed by atoms with Crippen LogP contribution in [0.15, 0.2) is 212 Å². The fraction of sp³-hybridized carbons (Fsp3) is 0.0517. The van der Waals surface area contributed by atoms with E-state index in [0.29, 0.717) is 17.5 Å². The van der Waals surface area contributed by atoms with Crippen molar-refractivity contribution in [3.05, 3.63) is 235 Å². The molecule has 4 heteroatoms. The summed E-state index contributed by atoms with van der Waals surface area (Å²) in [7, 11) is 0. The van der Waals surface area contributed by atoms with Crippen molar-refractivity contribution < 1.29 is 0 Å². The highest BCUT2D eigenvalue weighted by Crippen LogP contribution is 2.64. The second-order valence-electron chi connectivity index (χ2n) is 16.6. The molecule has 13 rings (SSSR count). The molecule has 2 heterocycles. The molecule has 0 saturated heterocycles. The molecule has 2 aromatic heterocycles. The minimum atomic E-state index is -0.420. The van der Waals surface area contributed by atoms with Gasteiger partial charge in [-0.05, 0) is 67.8 Å². The molecular formula is C58H37N3S. The van der Waals surface area contributed by atoms with Crippen molar-refractivity contribution in [2.24, 2.45) is 5.92 Å². The zero-order chi connectivity index (χ0) is 40.8. The molecule has 0 N–H and O–H groups in total. The molecule has 0 aliphatic heterocycles. The molecule has 290 valence electrons. The van der Waals surface area contributed by atoms with E-state index in [1.807, 2.05) is 47.7 Å². The minimum absolute atomic E-state index is 0.166. The summed E-state index contributed by atoms with van der Waals surface area (Å²) >= 11 is 1.84. The number of allylic oxidation sites excluding steroid dienone is 4. The van der Waals surface area contributed by atoms with Gasteiger partial charge in [0, 0.05) is 48.7 Å². The van der Waals surface area contributed by atoms with E-state index in [-0.39, 0.29) is 11.8 Å². The molecular weight excluding hydrogens is 771 g/mol. The van der Waals surface area contributed by atoms with Crippen LogP contribution >= 0.6 is 11.3 Å². The van der Waals surface area contributed by atoms with Crippen LogP contribution in [-0.4, -0.2) is 15.0 Å². The molecule has 0 bridgehead atoms. The Bertz CT molecular complexity index is 3430. The minimum Gasteiger partial charge on any atom is -0.208 e. The van der Waals surface area contributed by atoms with Gasteiger partial charge in [0.15, 0.2) is 17.5 Å². The van der Waals surface area contributed by atoms with Crippen LogP contribution in [0.4, 0.5) is 0 Å². The van der Waals surface area contributed by atoms with Crippen LogP contribution in [-0.2, 0) is 5.41 Å². The standard InChI is InChI=1S/C58H37N3S/c1-3-17-36(18-4-1)55-59-56(37-19-5-2-6-20-37)61-57(60-55)48-29-16-28-47-46-27-15-26-39(53(46)62-54(47)48)38-33-34-45-44-25-11-14-32-51(44)58(52(45)35-38)49-30-12-9-23-42(49)40-21-7-8-22-41(40)43-24-10-13-31-50(43)58/h1-35,42,49H. The number of nitrogens with zero attached hydrogens (tertiary/aromatic N) is 3. The number of aromatic nitrogens is 3. The van der Waals surface area contributed by atoms with E-state index in [1.54, 1.807) is 0 Å². The second-order valence-corrected chi connectivity index (χ2v) is 17.6. The predicted octanol–water partition coefficient (Wildman–Crippen LogP) is 14.7. The maximum atomic E-state index is 5.16. The monoisotopic (exact) mass is 807 g/mol. The van der Waals surface area contributed by atoms with Gasteiger partial charge in [0.05, 0.1) is 5.41 Å². The van der Waals surface area contributed by atoms with Crippen molar-refractivity contribution in [2.45, 2.75) is 11.3 Å². The molecule has 3 aliphatic rings. The largest absolute Gasteiger partial charge is 0.208 e. The highest BCUT2D eigenvalue weighted by Gasteiger charge is 2.54. The second kappa shape index (κ2) is 13.8. The fourth-order valence-corrected chi connectivity index (χ4v) is 12.2. The molecule has 8 aromatic carbocycles. The van der Waals surface area contributed by atoms with Crippen LogP contribution in [0.3, 0.4) is 0 Å². The van der Waals surface area contributed by atoms with E-state index in [1.165, 1.54) is 75.8 Å². The lowest BCUT2D eigenvalue weighted by Gasteiger charge is -2.42. The molecule has 3 atom stereocenters. The lowest BCUT2D eigenvalue weighted by atomic mass is 9.59. The van der Waals surface area contributed by atoms with Gasteiger partial charge >= 0.3 is 0 Å². The number of benzene rings is 8. The zero-order valence-corrected chi connectivity index (χ0v) is 34.4. The van der Waals surface area contributed by atoms with Crippen LogP contribution in [0.25, 0.3) is 87.7 Å². The van der Waals surface area contributed by atoms with Gasteiger partial charge in [-0.25, -0.2) is 15.0 Å². The van der Waals surface area contributed by atoms with Crippen molar-refractivity contribution >= 4 is 31.5 Å². The Labute approximate surface area is 364 Å². The van der Waals surface area contributed by atoms with Gasteiger partial charge in [-0.2, -0.15) is 0 Å². The molecule has 3 unspecified atom stereocenters. The average Bonchev–Trinajstić information content (AvgIpc) is 3.85. The molecule has 3 nitrogen and oxygen atoms in total. The highest BCUT2D eigenvalue weighted by atomic mass is 32.1. The topological polar surface area (TPSA) is 38.7 Å². The van der Waals surface area contributed by atoms with Gasteiger partial charge in [0.1, 0.15) is 0 Å². The van der Waals surface area contributed by atoms with Crippen molar-refractivity contribution in [2.75, 3.05) is 0 Å². The van der Waals surface area contributed by atoms with Crippen molar-refractivity contribution in [1.82, 2.24) is 15.0 Å². The first-order valence-corrected chi connectivity index (χ1v) is 22.2. The molecule has 0 saturated carbocycles. The lowest BCUT2D eigenvalue weighted by Crippen LogP contribution is -2.38. The molecule has 0 radical (unpaired) electrons. The smallest absolute Gasteiger partial charge is 0.165 e. The fourth-order valence-electron chi connectivity index (χ4n) is 10.9. The van der Waals surface area contributed by atoms with E-state index in [9.17, 15) is 0 Å². The summed E-state index contributed by atoms with van der Waals surface area (Å²) in [6.45, 7) is 0. The normalized spacial score (nSPS) is 17.9. The average molecular weight is 808 g/mol. The molecule has 0 fully saturated rings. The van der Waals surface area contributed by atoms with Gasteiger partial charge < -0.3 is 0 Å². The predicted molar refractivity (Wildman–Crippen MR) is 256 cm³/mol. The zero-order valence-electron chi connectivity index (χ0n) is 33.6. The maximum absolute atomic E-state index is 5.16. The van der Waals surface area contributed by atoms with Gasteiger partial charge in [-0.3, -0.25) is 0 Å². The first-order chi connectivity index (χ1) is 30.8. The van der Waals surface area contributed by atoms with E-state index < -0.39 is 5.41 Å². The number of hydrogen-bond donors (Lipinski definition) is 0. The maximum Gasteiger partial charge on any atom is 0.165 e. The third kappa shape index (κ3) is 5.08. The van der Waals surface area contributed by atoms with E-state index in [4.69, 9.17) is 15.0 Å². The van der Waals surface area contributed by atoms with E-state index in [2.05, 4.69) is 176 Å². The van der Waals surface area contributed by atoms with Crippen LogP contribution in [0.2, 0.25) is 0 Å². The third-order valence-electron chi connectivity index (χ3n) is 13.5. The van der Waals surface area contributed by atoms with Crippen molar-refractivity contribution in [1.29, 1.82) is 0 Å². The molecule has 62 heavy (non-hydrogen) atoms. The third-order valence-corrected chi connectivity index (χ3v) is 14.7. The summed E-state index contributed by atoms with van der Waals surface area (Å²) in [6.07, 6.45) is 9.45. The summed E-state index contributed by atoms with van der Waals surface area (Å²) in [6, 6.07) is 68.5. The van der Waals surface area contributed by atoms with Crippen LogP contribution in [0, 0.1) is 5.92 Å². The summed E-state index contributed by atoms with van der Waals surface area (Å²) in [5.74, 6) is 2.37. The van der Waals surface area contributed by atoms with Gasteiger partial charge in [-0.1, -0.05) is 200 Å². The van der Waals surface area contributed by atoms with Crippen LogP contribution in [0.5, 0.6) is 0 Å². The molecule has 0 amide bonds. The SMILES string of the molecule is C1=CC2c3ccccc3-c3ccccc3C3(c4ccccc4-c4ccc(-c5cccc6c5sc5c(-c7nc(-c8ccccc8)nc(-c8ccccc8)n7)cccc56)cc43)C2C=C1. The first-order valence-electron chi connectivity index (χ1n) is 21.4. The summed E-state index contributed by atoms with van der Waals surface area (Å²) in [5, 5.41) is 2.44. The van der Waals surface area contributed by atoms with Gasteiger partial charge in [0.25, 0.3) is 0 Å². The van der Waals surface area contributed by atoms with Crippen molar-refractivity contribution in [3.63, 3.8) is 0 Å². The number of hydrogen-bond acceptors (Lipinski definition) is 4. The van der Waals surface area contributed by atoms with Gasteiger partial charge in [-0.15, -0.1) is 11.3 Å². The number of thiophene rings is 1. The summed E-state index contributed by atoms with van der Waals surface area (Å²) in [5.41, 5.74) is 15.8.